The Morgan fingerprint density at radius 3 is 2.48 bits per heavy atom. The van der Waals surface area contributed by atoms with Crippen LogP contribution >= 0.6 is 0 Å². The molecule has 0 radical (unpaired) electrons. The number of hydrogen-bond acceptors (Lipinski definition) is 5. The summed E-state index contributed by atoms with van der Waals surface area (Å²) in [4.78, 5) is 28.6. The highest BCUT2D eigenvalue weighted by Crippen LogP contribution is 2.17. The van der Waals surface area contributed by atoms with E-state index in [1.54, 1.807) is 36.3 Å². The molecule has 0 spiro atoms. The molecule has 29 heavy (non-hydrogen) atoms. The molecule has 0 unspecified atom stereocenters. The van der Waals surface area contributed by atoms with Gasteiger partial charge >= 0.3 is 12.0 Å². The molecular weight excluding hydrogens is 370 g/mol. The van der Waals surface area contributed by atoms with Gasteiger partial charge in [0.15, 0.2) is 0 Å². The van der Waals surface area contributed by atoms with E-state index in [1.807, 2.05) is 12.1 Å². The number of ether oxygens (including phenoxy) is 2. The average Bonchev–Trinajstić information content (AvgIpc) is 2.78. The van der Waals surface area contributed by atoms with Crippen molar-refractivity contribution in [1.29, 1.82) is 0 Å². The number of benzene rings is 2. The van der Waals surface area contributed by atoms with Crippen LogP contribution in [-0.4, -0.2) is 68.7 Å². The van der Waals surface area contributed by atoms with E-state index in [-0.39, 0.29) is 6.03 Å². The number of nitrogens with zero attached hydrogens (tertiary/aromatic N) is 2. The molecule has 2 amide bonds. The number of hydrogen-bond donors (Lipinski definition) is 1. The van der Waals surface area contributed by atoms with Gasteiger partial charge in [0.05, 0.1) is 25.5 Å². The van der Waals surface area contributed by atoms with Gasteiger partial charge in [0, 0.05) is 32.7 Å². The molecule has 1 heterocycles. The van der Waals surface area contributed by atoms with Crippen LogP contribution in [0.15, 0.2) is 48.5 Å². The van der Waals surface area contributed by atoms with Crippen LogP contribution in [0.2, 0.25) is 0 Å². The first-order chi connectivity index (χ1) is 14.1. The van der Waals surface area contributed by atoms with Crippen LogP contribution in [0.25, 0.3) is 0 Å². The number of para-hydroxylation sites is 1. The van der Waals surface area contributed by atoms with Gasteiger partial charge in [-0.15, -0.1) is 0 Å². The molecule has 0 aromatic heterocycles. The molecular formula is C22H27N3O4. The van der Waals surface area contributed by atoms with E-state index in [9.17, 15) is 9.59 Å². The van der Waals surface area contributed by atoms with Crippen LogP contribution in [0, 0.1) is 0 Å². The molecule has 0 bridgehead atoms. The molecule has 2 aromatic carbocycles. The highest BCUT2D eigenvalue weighted by molar-refractivity contribution is 6.00. The SMILES string of the molecule is COC(=O)c1ccccc1NC(=O)N1CCN(CCc2cccc(OC)c2)CC1. The first kappa shape index (κ1) is 20.7. The summed E-state index contributed by atoms with van der Waals surface area (Å²) in [6.45, 7) is 3.86. The normalized spacial score (nSPS) is 14.3. The summed E-state index contributed by atoms with van der Waals surface area (Å²) < 4.78 is 10.1. The van der Waals surface area contributed by atoms with Gasteiger partial charge in [-0.2, -0.15) is 0 Å². The molecule has 7 heteroatoms. The number of carbonyl (C=O) groups is 2. The van der Waals surface area contributed by atoms with Gasteiger partial charge in [-0.1, -0.05) is 24.3 Å². The third kappa shape index (κ3) is 5.48. The second-order valence-electron chi connectivity index (χ2n) is 6.90. The third-order valence-corrected chi connectivity index (χ3v) is 5.08. The van der Waals surface area contributed by atoms with Crippen LogP contribution in [0.4, 0.5) is 10.5 Å². The Balaban J connectivity index is 1.49. The predicted octanol–water partition coefficient (Wildman–Crippen LogP) is 2.87. The monoisotopic (exact) mass is 397 g/mol. The molecule has 3 rings (SSSR count). The second-order valence-corrected chi connectivity index (χ2v) is 6.90. The van der Waals surface area contributed by atoms with E-state index in [2.05, 4.69) is 22.3 Å². The number of nitrogens with one attached hydrogen (secondary N) is 1. The third-order valence-electron chi connectivity index (χ3n) is 5.08. The van der Waals surface area contributed by atoms with Crippen LogP contribution in [0.5, 0.6) is 5.75 Å². The van der Waals surface area contributed by atoms with Gasteiger partial charge < -0.3 is 19.7 Å². The molecule has 0 aliphatic carbocycles. The van der Waals surface area contributed by atoms with Crippen LogP contribution in [0.3, 0.4) is 0 Å². The highest BCUT2D eigenvalue weighted by Gasteiger charge is 2.22. The van der Waals surface area contributed by atoms with E-state index in [1.165, 1.54) is 12.7 Å². The van der Waals surface area contributed by atoms with E-state index >= 15 is 0 Å². The Hall–Kier alpha value is -3.06. The molecule has 0 saturated carbocycles. The van der Waals surface area contributed by atoms with Gasteiger partial charge in [0.2, 0.25) is 0 Å². The van der Waals surface area contributed by atoms with Crippen LogP contribution in [0.1, 0.15) is 15.9 Å². The highest BCUT2D eigenvalue weighted by atomic mass is 16.5. The number of urea groups is 1. The lowest BCUT2D eigenvalue weighted by molar-refractivity contribution is 0.0602. The summed E-state index contributed by atoms with van der Waals surface area (Å²) in [5, 5.41) is 2.83. The molecule has 1 aliphatic rings. The first-order valence-corrected chi connectivity index (χ1v) is 9.69. The standard InChI is InChI=1S/C22H27N3O4/c1-28-18-7-5-6-17(16-18)10-11-24-12-14-25(15-13-24)22(27)23-20-9-4-3-8-19(20)21(26)29-2/h3-9,16H,10-15H2,1-2H3,(H,23,27). The van der Waals surface area contributed by atoms with Crippen molar-refractivity contribution in [2.24, 2.45) is 0 Å². The van der Waals surface area contributed by atoms with Crippen molar-refractivity contribution in [1.82, 2.24) is 9.80 Å². The predicted molar refractivity (Wildman–Crippen MR) is 112 cm³/mol. The number of esters is 1. The lowest BCUT2D eigenvalue weighted by atomic mass is 10.1. The number of carbonyl (C=O) groups excluding carboxylic acids is 2. The smallest absolute Gasteiger partial charge is 0.339 e. The summed E-state index contributed by atoms with van der Waals surface area (Å²) in [6.07, 6.45) is 0.940. The fraction of sp³-hybridized carbons (Fsp3) is 0.364. The molecule has 1 saturated heterocycles. The minimum Gasteiger partial charge on any atom is -0.497 e. The van der Waals surface area contributed by atoms with Gasteiger partial charge in [0.1, 0.15) is 5.75 Å². The van der Waals surface area contributed by atoms with E-state index in [0.29, 0.717) is 24.3 Å². The minimum absolute atomic E-state index is 0.200. The quantitative estimate of drug-likeness (QED) is 0.759. The number of piperazine rings is 1. The number of rotatable bonds is 6. The first-order valence-electron chi connectivity index (χ1n) is 9.69. The molecule has 1 fully saturated rings. The fourth-order valence-electron chi connectivity index (χ4n) is 3.36. The number of anilines is 1. The van der Waals surface area contributed by atoms with Crippen molar-refractivity contribution in [3.8, 4) is 5.75 Å². The van der Waals surface area contributed by atoms with Gasteiger partial charge in [0.25, 0.3) is 0 Å². The lowest BCUT2D eigenvalue weighted by Crippen LogP contribution is -2.50. The van der Waals surface area contributed by atoms with Gasteiger partial charge in [-0.05, 0) is 36.2 Å². The zero-order valence-electron chi connectivity index (χ0n) is 16.9. The topological polar surface area (TPSA) is 71.1 Å². The largest absolute Gasteiger partial charge is 0.497 e. The van der Waals surface area contributed by atoms with E-state index in [0.717, 1.165) is 31.8 Å². The van der Waals surface area contributed by atoms with Crippen molar-refractivity contribution < 1.29 is 19.1 Å². The molecule has 7 nitrogen and oxygen atoms in total. The molecule has 1 N–H and O–H groups in total. The zero-order valence-corrected chi connectivity index (χ0v) is 16.9. The van der Waals surface area contributed by atoms with Gasteiger partial charge in [-0.3, -0.25) is 4.90 Å². The van der Waals surface area contributed by atoms with E-state index < -0.39 is 5.97 Å². The summed E-state index contributed by atoms with van der Waals surface area (Å²) in [6, 6.07) is 14.8. The number of methoxy groups -OCH3 is 2. The maximum absolute atomic E-state index is 12.6. The molecule has 0 atom stereocenters. The van der Waals surface area contributed by atoms with Gasteiger partial charge in [-0.25, -0.2) is 9.59 Å². The number of amides is 2. The Morgan fingerprint density at radius 2 is 1.76 bits per heavy atom. The van der Waals surface area contributed by atoms with Crippen molar-refractivity contribution in [2.45, 2.75) is 6.42 Å². The van der Waals surface area contributed by atoms with Crippen molar-refractivity contribution >= 4 is 17.7 Å². The molecule has 1 aliphatic heterocycles. The Kier molecular flexibility index (Phi) is 7.08. The minimum atomic E-state index is -0.469. The van der Waals surface area contributed by atoms with Crippen molar-refractivity contribution in [3.05, 3.63) is 59.7 Å². The van der Waals surface area contributed by atoms with Crippen molar-refractivity contribution in [2.75, 3.05) is 52.3 Å². The van der Waals surface area contributed by atoms with Crippen molar-refractivity contribution in [3.63, 3.8) is 0 Å². The lowest BCUT2D eigenvalue weighted by Gasteiger charge is -2.34. The Morgan fingerprint density at radius 1 is 1.00 bits per heavy atom. The maximum Gasteiger partial charge on any atom is 0.339 e. The van der Waals surface area contributed by atoms with Crippen LogP contribution < -0.4 is 10.1 Å². The fourth-order valence-corrected chi connectivity index (χ4v) is 3.36. The van der Waals surface area contributed by atoms with E-state index in [4.69, 9.17) is 9.47 Å². The second kappa shape index (κ2) is 9.93. The summed E-state index contributed by atoms with van der Waals surface area (Å²) in [5.41, 5.74) is 2.05. The molecule has 154 valence electrons. The molecule has 2 aromatic rings. The average molecular weight is 397 g/mol. The summed E-state index contributed by atoms with van der Waals surface area (Å²) in [5.74, 6) is 0.402. The Bertz CT molecular complexity index is 847. The van der Waals surface area contributed by atoms with Crippen LogP contribution in [-0.2, 0) is 11.2 Å². The summed E-state index contributed by atoms with van der Waals surface area (Å²) in [7, 11) is 3.00. The maximum atomic E-state index is 12.6. The zero-order chi connectivity index (χ0) is 20.6. The summed E-state index contributed by atoms with van der Waals surface area (Å²) >= 11 is 0. The Labute approximate surface area is 171 Å².